The summed E-state index contributed by atoms with van der Waals surface area (Å²) in [7, 11) is 0. The molecule has 8 aromatic carbocycles. The van der Waals surface area contributed by atoms with Crippen LogP contribution in [0.2, 0.25) is 0 Å². The fourth-order valence-corrected chi connectivity index (χ4v) is 9.95. The van der Waals surface area contributed by atoms with Crippen LogP contribution in [0.3, 0.4) is 0 Å². The summed E-state index contributed by atoms with van der Waals surface area (Å²) < 4.78 is 7.51. The molecule has 0 N–H and O–H groups in total. The van der Waals surface area contributed by atoms with Crippen LogP contribution in [-0.4, -0.2) is 11.6 Å². The van der Waals surface area contributed by atoms with Gasteiger partial charge in [-0.05, 0) is 102 Å². The molecule has 318 valence electrons. The highest BCUT2D eigenvalue weighted by Gasteiger charge is 2.19. The third kappa shape index (κ3) is 9.29. The van der Waals surface area contributed by atoms with Crippen molar-refractivity contribution in [1.29, 1.82) is 0 Å². The number of allylic oxidation sites excluding steroid dienone is 3. The highest BCUT2D eigenvalue weighted by molar-refractivity contribution is 7.19. The van der Waals surface area contributed by atoms with Gasteiger partial charge in [0.05, 0.1) is 21.8 Å². The number of anilines is 5. The number of fused-ring (bicyclic) bond motifs is 2. The lowest BCUT2D eigenvalue weighted by Gasteiger charge is -2.25. The minimum absolute atomic E-state index is 0.220. The third-order valence-electron chi connectivity index (χ3n) is 12.2. The van der Waals surface area contributed by atoms with Gasteiger partial charge in [-0.25, -0.2) is 4.98 Å². The summed E-state index contributed by atoms with van der Waals surface area (Å²) in [6.45, 7) is 5.84. The van der Waals surface area contributed by atoms with Gasteiger partial charge in [-0.1, -0.05) is 164 Å². The molecule has 65 heavy (non-hydrogen) atoms. The maximum Gasteiger partial charge on any atom is 0.123 e. The van der Waals surface area contributed by atoms with Gasteiger partial charge in [0.25, 0.3) is 0 Å². The predicted octanol–water partition coefficient (Wildman–Crippen LogP) is 16.4. The molecule has 1 aromatic heterocycles. The van der Waals surface area contributed by atoms with Crippen molar-refractivity contribution < 1.29 is 4.74 Å². The number of rotatable bonds is 11. The molecular weight excluding hydrogens is 811 g/mol. The van der Waals surface area contributed by atoms with E-state index in [1.807, 2.05) is 0 Å². The number of hydrogen-bond acceptors (Lipinski definition) is 5. The molecule has 1 aliphatic heterocycles. The summed E-state index contributed by atoms with van der Waals surface area (Å²) in [5.74, 6) is 1.19. The van der Waals surface area contributed by atoms with Gasteiger partial charge in [-0.2, -0.15) is 0 Å². The van der Waals surface area contributed by atoms with Crippen LogP contribution in [0.1, 0.15) is 47.9 Å². The summed E-state index contributed by atoms with van der Waals surface area (Å²) in [5.41, 5.74) is 16.3. The van der Waals surface area contributed by atoms with Crippen molar-refractivity contribution in [2.45, 2.75) is 39.2 Å². The van der Waals surface area contributed by atoms with Crippen LogP contribution in [-0.2, 0) is 13.0 Å². The van der Waals surface area contributed by atoms with Gasteiger partial charge in [-0.15, -0.1) is 11.3 Å². The van der Waals surface area contributed by atoms with E-state index in [9.17, 15) is 0 Å². The Morgan fingerprint density at radius 1 is 0.585 bits per heavy atom. The Morgan fingerprint density at radius 2 is 1.12 bits per heavy atom. The van der Waals surface area contributed by atoms with Crippen LogP contribution in [0.4, 0.5) is 28.4 Å². The largest absolute Gasteiger partial charge is 0.493 e. The Balaban J connectivity index is 1.02. The number of thiazole rings is 1. The average molecular weight is 862 g/mol. The molecule has 2 heterocycles. The molecule has 0 radical (unpaired) electrons. The van der Waals surface area contributed by atoms with Gasteiger partial charge >= 0.3 is 0 Å². The first-order valence-corrected chi connectivity index (χ1v) is 23.4. The molecule has 1 unspecified atom stereocenters. The first kappa shape index (κ1) is 41.5. The van der Waals surface area contributed by atoms with E-state index >= 15 is 0 Å². The van der Waals surface area contributed by atoms with Crippen LogP contribution < -0.4 is 14.5 Å². The number of benzene rings is 8. The second-order valence-electron chi connectivity index (χ2n) is 16.7. The van der Waals surface area contributed by atoms with E-state index < -0.39 is 0 Å². The normalized spacial score (nSPS) is 15.0. The topological polar surface area (TPSA) is 28.6 Å². The van der Waals surface area contributed by atoms with Crippen LogP contribution in [0, 0.1) is 0 Å². The van der Waals surface area contributed by atoms with E-state index in [1.54, 1.807) is 11.3 Å². The molecule has 0 amide bonds. The smallest absolute Gasteiger partial charge is 0.123 e. The fourth-order valence-electron chi connectivity index (χ4n) is 8.79. The van der Waals surface area contributed by atoms with Gasteiger partial charge in [0.15, 0.2) is 0 Å². The quantitative estimate of drug-likeness (QED) is 0.130. The summed E-state index contributed by atoms with van der Waals surface area (Å²) in [5, 5.41) is 1.09. The molecule has 1 aliphatic rings. The molecule has 0 saturated heterocycles. The SMILES string of the molecule is CC1=C/CCOc2ccc(Cc3nc4c(-c5ccc(N(c6ccccc6)c6ccccc6)cc5)ccc(-c5ccc(CN(c6ccccc6)c6ccccc6)cc5)c4s3)cc2C(C)/C=C\1. The van der Waals surface area contributed by atoms with E-state index in [0.29, 0.717) is 6.61 Å². The molecule has 0 aliphatic carbocycles. The van der Waals surface area contributed by atoms with E-state index in [1.165, 1.54) is 49.5 Å². The molecule has 0 bridgehead atoms. The Hall–Kier alpha value is -7.47. The van der Waals surface area contributed by atoms with Crippen molar-refractivity contribution in [3.8, 4) is 28.0 Å². The van der Waals surface area contributed by atoms with Crippen LogP contribution >= 0.6 is 11.3 Å². The van der Waals surface area contributed by atoms with Crippen LogP contribution in [0.15, 0.2) is 224 Å². The number of para-hydroxylation sites is 4. The van der Waals surface area contributed by atoms with E-state index in [-0.39, 0.29) is 5.92 Å². The molecule has 0 saturated carbocycles. The second kappa shape index (κ2) is 19.1. The lowest BCUT2D eigenvalue weighted by atomic mass is 9.95. The highest BCUT2D eigenvalue weighted by Crippen LogP contribution is 2.42. The van der Waals surface area contributed by atoms with Gasteiger partial charge in [0.1, 0.15) is 5.75 Å². The maximum atomic E-state index is 6.32. The van der Waals surface area contributed by atoms with Gasteiger partial charge < -0.3 is 14.5 Å². The summed E-state index contributed by atoms with van der Waals surface area (Å²) in [6.07, 6.45) is 8.40. The Morgan fingerprint density at radius 3 is 1.75 bits per heavy atom. The lowest BCUT2D eigenvalue weighted by molar-refractivity contribution is 0.320. The highest BCUT2D eigenvalue weighted by atomic mass is 32.1. The Labute approximate surface area is 387 Å². The Kier molecular flexibility index (Phi) is 12.2. The first-order chi connectivity index (χ1) is 32.0. The molecule has 1 atom stereocenters. The van der Waals surface area contributed by atoms with Crippen LogP contribution in [0.5, 0.6) is 5.75 Å². The third-order valence-corrected chi connectivity index (χ3v) is 13.3. The molecule has 5 heteroatoms. The first-order valence-electron chi connectivity index (χ1n) is 22.5. The minimum atomic E-state index is 0.220. The Bertz CT molecular complexity index is 2990. The van der Waals surface area contributed by atoms with Crippen molar-refractivity contribution in [3.63, 3.8) is 0 Å². The van der Waals surface area contributed by atoms with Crippen LogP contribution in [0.25, 0.3) is 32.5 Å². The zero-order valence-corrected chi connectivity index (χ0v) is 37.7. The van der Waals surface area contributed by atoms with E-state index in [0.717, 1.165) is 63.8 Å². The number of ether oxygens (including phenoxy) is 1. The van der Waals surface area contributed by atoms with Crippen molar-refractivity contribution in [3.05, 3.63) is 246 Å². The minimum Gasteiger partial charge on any atom is -0.493 e. The number of aromatic nitrogens is 1. The molecule has 9 aromatic rings. The monoisotopic (exact) mass is 861 g/mol. The standard InChI is InChI=1S/C60H51N3OS/c1-43-16-15-39-64-57-38-29-46(40-56(57)44(2)26-25-43)41-58-61-59-54(47-32-34-53(35-33-47)63(51-21-11-5-12-22-51)52-23-13-6-14-24-52)36-37-55(60(59)65-58)48-30-27-45(28-31-48)42-62(49-17-7-3-8-18-49)50-19-9-4-10-20-50/h3-14,16-38,40,44H,15,39,41-42H2,1-2H3/b26-25-,43-16-. The molecular formula is C60H51N3OS. The van der Waals surface area contributed by atoms with E-state index in [2.05, 4.69) is 242 Å². The molecule has 0 fully saturated rings. The molecule has 10 rings (SSSR count). The molecule has 4 nitrogen and oxygen atoms in total. The lowest BCUT2D eigenvalue weighted by Crippen LogP contribution is -2.16. The van der Waals surface area contributed by atoms with Crippen molar-refractivity contribution in [1.82, 2.24) is 4.98 Å². The van der Waals surface area contributed by atoms with Crippen molar-refractivity contribution >= 4 is 50.0 Å². The number of nitrogens with zero attached hydrogens (tertiary/aromatic N) is 3. The summed E-state index contributed by atoms with van der Waals surface area (Å²) in [4.78, 5) is 10.2. The van der Waals surface area contributed by atoms with Crippen molar-refractivity contribution in [2.75, 3.05) is 16.4 Å². The average Bonchev–Trinajstić information content (AvgIpc) is 3.79. The second-order valence-corrected chi connectivity index (χ2v) is 17.8. The summed E-state index contributed by atoms with van der Waals surface area (Å²) in [6, 6.07) is 71.7. The predicted molar refractivity (Wildman–Crippen MR) is 275 cm³/mol. The van der Waals surface area contributed by atoms with Gasteiger partial charge in [0.2, 0.25) is 0 Å². The maximum absolute atomic E-state index is 6.32. The number of hydrogen-bond donors (Lipinski definition) is 0. The zero-order chi connectivity index (χ0) is 44.0. The fraction of sp³-hybridized carbons (Fsp3) is 0.117. The zero-order valence-electron chi connectivity index (χ0n) is 36.8. The molecule has 0 spiro atoms. The van der Waals surface area contributed by atoms with Crippen molar-refractivity contribution in [2.24, 2.45) is 0 Å². The van der Waals surface area contributed by atoms with Gasteiger partial charge in [-0.3, -0.25) is 0 Å². The summed E-state index contributed by atoms with van der Waals surface area (Å²) >= 11 is 1.81. The van der Waals surface area contributed by atoms with Gasteiger partial charge in [0, 0.05) is 64.0 Å². The van der Waals surface area contributed by atoms with E-state index in [4.69, 9.17) is 9.72 Å².